The lowest BCUT2D eigenvalue weighted by atomic mass is 9.98. The molecular formula is C11H20N2O3. The average molecular weight is 228 g/mol. The Balaban J connectivity index is 1.90. The number of carbonyl (C=O) groups is 1. The van der Waals surface area contributed by atoms with E-state index < -0.39 is 5.60 Å². The van der Waals surface area contributed by atoms with Gasteiger partial charge in [-0.05, 0) is 20.8 Å². The number of ether oxygens (including phenoxy) is 2. The Labute approximate surface area is 96.1 Å². The van der Waals surface area contributed by atoms with Crippen LogP contribution >= 0.6 is 0 Å². The van der Waals surface area contributed by atoms with Crippen molar-refractivity contribution in [2.24, 2.45) is 0 Å². The molecule has 2 aliphatic rings. The van der Waals surface area contributed by atoms with Crippen LogP contribution in [0.3, 0.4) is 0 Å². The van der Waals surface area contributed by atoms with E-state index in [1.807, 2.05) is 20.8 Å². The number of rotatable bonds is 0. The van der Waals surface area contributed by atoms with Gasteiger partial charge in [0.1, 0.15) is 5.60 Å². The molecule has 5 heteroatoms. The highest BCUT2D eigenvalue weighted by Gasteiger charge is 2.44. The third-order valence-electron chi connectivity index (χ3n) is 2.83. The van der Waals surface area contributed by atoms with Gasteiger partial charge in [0.25, 0.3) is 0 Å². The summed E-state index contributed by atoms with van der Waals surface area (Å²) in [5, 5.41) is 3.35. The van der Waals surface area contributed by atoms with Crippen LogP contribution in [0, 0.1) is 0 Å². The molecule has 0 aromatic carbocycles. The largest absolute Gasteiger partial charge is 0.444 e. The van der Waals surface area contributed by atoms with Gasteiger partial charge in [0.15, 0.2) is 0 Å². The number of carbonyl (C=O) groups excluding carboxylic acids is 1. The molecule has 2 saturated heterocycles. The zero-order valence-electron chi connectivity index (χ0n) is 10.2. The van der Waals surface area contributed by atoms with Crippen LogP contribution in [0.5, 0.6) is 0 Å². The fourth-order valence-corrected chi connectivity index (χ4v) is 2.01. The number of nitrogens with zero attached hydrogens (tertiary/aromatic N) is 1. The highest BCUT2D eigenvalue weighted by Crippen LogP contribution is 2.23. The molecule has 2 aliphatic heterocycles. The number of nitrogens with one attached hydrogen (secondary N) is 1. The Bertz CT molecular complexity index is 275. The van der Waals surface area contributed by atoms with Crippen molar-refractivity contribution in [2.75, 3.05) is 26.3 Å². The summed E-state index contributed by atoms with van der Waals surface area (Å²) in [6.07, 6.45) is -0.235. The molecule has 0 radical (unpaired) electrons. The fourth-order valence-electron chi connectivity index (χ4n) is 2.01. The van der Waals surface area contributed by atoms with Gasteiger partial charge in [0, 0.05) is 19.1 Å². The third-order valence-corrected chi connectivity index (χ3v) is 2.83. The lowest BCUT2D eigenvalue weighted by Gasteiger charge is -2.46. The van der Waals surface area contributed by atoms with Crippen molar-refractivity contribution in [1.82, 2.24) is 10.2 Å². The minimum Gasteiger partial charge on any atom is -0.444 e. The molecule has 2 atom stereocenters. The Morgan fingerprint density at radius 2 is 2.25 bits per heavy atom. The fraction of sp³-hybridized carbons (Fsp3) is 0.909. The molecule has 92 valence electrons. The Morgan fingerprint density at radius 3 is 2.94 bits per heavy atom. The molecular weight excluding hydrogens is 208 g/mol. The lowest BCUT2D eigenvalue weighted by Crippen LogP contribution is -2.68. The van der Waals surface area contributed by atoms with E-state index in [1.165, 1.54) is 0 Å². The molecule has 2 fully saturated rings. The van der Waals surface area contributed by atoms with E-state index in [0.29, 0.717) is 12.6 Å². The summed E-state index contributed by atoms with van der Waals surface area (Å²) in [4.78, 5) is 13.6. The zero-order chi connectivity index (χ0) is 11.8. The minimum atomic E-state index is -0.429. The normalized spacial score (nSPS) is 30.1. The van der Waals surface area contributed by atoms with E-state index >= 15 is 0 Å². The van der Waals surface area contributed by atoms with Gasteiger partial charge >= 0.3 is 6.09 Å². The van der Waals surface area contributed by atoms with Crippen LogP contribution in [0.1, 0.15) is 20.8 Å². The molecule has 5 nitrogen and oxygen atoms in total. The van der Waals surface area contributed by atoms with Crippen LogP contribution in [0.15, 0.2) is 0 Å². The summed E-state index contributed by atoms with van der Waals surface area (Å²) in [5.41, 5.74) is -0.429. The van der Waals surface area contributed by atoms with E-state index in [0.717, 1.165) is 19.7 Å². The van der Waals surface area contributed by atoms with Crippen molar-refractivity contribution in [3.05, 3.63) is 0 Å². The molecule has 16 heavy (non-hydrogen) atoms. The zero-order valence-corrected chi connectivity index (χ0v) is 10.2. The topological polar surface area (TPSA) is 50.8 Å². The molecule has 0 saturated carbocycles. The summed E-state index contributed by atoms with van der Waals surface area (Å²) in [5.74, 6) is 0. The van der Waals surface area contributed by atoms with E-state index in [2.05, 4.69) is 5.32 Å². The first kappa shape index (κ1) is 11.7. The maximum atomic E-state index is 11.8. The molecule has 2 heterocycles. The Morgan fingerprint density at radius 1 is 1.50 bits per heavy atom. The molecule has 1 N–H and O–H groups in total. The smallest absolute Gasteiger partial charge is 0.410 e. The van der Waals surface area contributed by atoms with Crippen molar-refractivity contribution in [3.8, 4) is 0 Å². The number of fused-ring (bicyclic) bond motifs is 1. The maximum absolute atomic E-state index is 11.8. The first-order chi connectivity index (χ1) is 7.47. The monoisotopic (exact) mass is 228 g/mol. The predicted molar refractivity (Wildman–Crippen MR) is 59.3 cm³/mol. The van der Waals surface area contributed by atoms with Gasteiger partial charge in [-0.25, -0.2) is 4.79 Å². The van der Waals surface area contributed by atoms with Crippen LogP contribution in [0.25, 0.3) is 0 Å². The Kier molecular flexibility index (Phi) is 3.08. The quantitative estimate of drug-likeness (QED) is 0.659. The second-order valence-electron chi connectivity index (χ2n) is 5.34. The molecule has 0 aliphatic carbocycles. The molecule has 1 amide bonds. The van der Waals surface area contributed by atoms with Crippen LogP contribution in [0.4, 0.5) is 4.79 Å². The summed E-state index contributed by atoms with van der Waals surface area (Å²) in [7, 11) is 0. The first-order valence-electron chi connectivity index (χ1n) is 5.78. The third kappa shape index (κ3) is 2.47. The van der Waals surface area contributed by atoms with E-state index in [1.54, 1.807) is 4.90 Å². The average Bonchev–Trinajstić information content (AvgIpc) is 2.25. The van der Waals surface area contributed by atoms with Crippen molar-refractivity contribution < 1.29 is 14.3 Å². The highest BCUT2D eigenvalue weighted by atomic mass is 16.6. The second kappa shape index (κ2) is 4.22. The van der Waals surface area contributed by atoms with E-state index in [4.69, 9.17) is 9.47 Å². The summed E-state index contributed by atoms with van der Waals surface area (Å²) >= 11 is 0. The molecule has 0 spiro atoms. The second-order valence-corrected chi connectivity index (χ2v) is 5.34. The van der Waals surface area contributed by atoms with Crippen molar-refractivity contribution in [2.45, 2.75) is 38.5 Å². The highest BCUT2D eigenvalue weighted by molar-refractivity contribution is 5.70. The number of amides is 1. The number of hydrogen-bond acceptors (Lipinski definition) is 4. The number of hydrogen-bond donors (Lipinski definition) is 1. The van der Waals surface area contributed by atoms with Gasteiger partial charge in [0.05, 0.1) is 19.3 Å². The molecule has 2 rings (SSSR count). The lowest BCUT2D eigenvalue weighted by molar-refractivity contribution is -0.0319. The van der Waals surface area contributed by atoms with Gasteiger partial charge in [-0.15, -0.1) is 0 Å². The van der Waals surface area contributed by atoms with Gasteiger partial charge in [0.2, 0.25) is 0 Å². The van der Waals surface area contributed by atoms with Crippen LogP contribution in [-0.4, -0.2) is 55.0 Å². The van der Waals surface area contributed by atoms with Gasteiger partial charge < -0.3 is 14.8 Å². The molecule has 0 aromatic heterocycles. The van der Waals surface area contributed by atoms with E-state index in [9.17, 15) is 4.79 Å². The number of likely N-dealkylation sites (tertiary alicyclic amines) is 1. The summed E-state index contributed by atoms with van der Waals surface area (Å²) < 4.78 is 10.8. The van der Waals surface area contributed by atoms with Gasteiger partial charge in [-0.3, -0.25) is 4.90 Å². The predicted octanol–water partition coefficient (Wildman–Crippen LogP) is 0.594. The molecule has 0 unspecified atom stereocenters. The van der Waals surface area contributed by atoms with Crippen LogP contribution < -0.4 is 5.32 Å². The van der Waals surface area contributed by atoms with E-state index in [-0.39, 0.29) is 12.1 Å². The van der Waals surface area contributed by atoms with Crippen LogP contribution in [0.2, 0.25) is 0 Å². The Hall–Kier alpha value is -0.810. The summed E-state index contributed by atoms with van der Waals surface area (Å²) in [6, 6.07) is 0.507. The maximum Gasteiger partial charge on any atom is 0.410 e. The van der Waals surface area contributed by atoms with Crippen molar-refractivity contribution >= 4 is 6.09 Å². The molecule has 0 aromatic rings. The standard InChI is InChI=1S/C11H20N2O3/c1-11(2,3)16-10(14)13-6-8-9(13)7-15-5-4-12-8/h8-9,12H,4-7H2,1-3H3/t8-,9-/m0/s1. The summed E-state index contributed by atoms with van der Waals surface area (Å²) in [6.45, 7) is 8.55. The first-order valence-corrected chi connectivity index (χ1v) is 5.78. The minimum absolute atomic E-state index is 0.136. The molecule has 0 bridgehead atoms. The van der Waals surface area contributed by atoms with Gasteiger partial charge in [-0.1, -0.05) is 0 Å². The SMILES string of the molecule is CC(C)(C)OC(=O)N1C[C@@H]2NCCOC[C@@H]21. The van der Waals surface area contributed by atoms with Crippen LogP contribution in [-0.2, 0) is 9.47 Å². The van der Waals surface area contributed by atoms with Crippen molar-refractivity contribution in [3.63, 3.8) is 0 Å². The van der Waals surface area contributed by atoms with Crippen molar-refractivity contribution in [1.29, 1.82) is 0 Å². The van der Waals surface area contributed by atoms with Gasteiger partial charge in [-0.2, -0.15) is 0 Å².